The lowest BCUT2D eigenvalue weighted by Gasteiger charge is -2.09. The van der Waals surface area contributed by atoms with E-state index < -0.39 is 0 Å². The van der Waals surface area contributed by atoms with Crippen molar-refractivity contribution in [3.8, 4) is 0 Å². The maximum absolute atomic E-state index is 5.34. The minimum Gasteiger partial charge on any atom is -0.481 e. The highest BCUT2D eigenvalue weighted by molar-refractivity contribution is 9.09. The van der Waals surface area contributed by atoms with Crippen LogP contribution in [0.15, 0.2) is 29.3 Å². The van der Waals surface area contributed by atoms with Gasteiger partial charge in [0.2, 0.25) is 0 Å². The largest absolute Gasteiger partial charge is 0.481 e. The molecule has 1 aromatic carbocycles. The summed E-state index contributed by atoms with van der Waals surface area (Å²) in [5, 5.41) is 4.37. The van der Waals surface area contributed by atoms with E-state index in [0.29, 0.717) is 12.5 Å². The first-order chi connectivity index (χ1) is 8.27. The van der Waals surface area contributed by atoms with Gasteiger partial charge in [-0.2, -0.15) is 0 Å². The van der Waals surface area contributed by atoms with Gasteiger partial charge in [-0.3, -0.25) is 0 Å². The quantitative estimate of drug-likeness (QED) is 0.373. The van der Waals surface area contributed by atoms with Crippen molar-refractivity contribution in [1.82, 2.24) is 0 Å². The maximum atomic E-state index is 5.34. The molecule has 0 unspecified atom stereocenters. The average Bonchev–Trinajstić information content (AvgIpc) is 2.32. The number of nitrogens with zero attached hydrogens (tertiary/aromatic N) is 1. The van der Waals surface area contributed by atoms with Crippen LogP contribution in [-0.4, -0.2) is 24.4 Å². The van der Waals surface area contributed by atoms with Crippen molar-refractivity contribution in [3.05, 3.63) is 24.3 Å². The molecule has 0 aliphatic heterocycles. The molecule has 0 amide bonds. The summed E-state index contributed by atoms with van der Waals surface area (Å²) in [5.74, 6) is 0.697. The molecule has 0 aliphatic rings. The fourth-order valence-corrected chi connectivity index (χ4v) is 1.70. The van der Waals surface area contributed by atoms with Gasteiger partial charge in [0, 0.05) is 18.8 Å². The smallest absolute Gasteiger partial charge is 0.185 e. The van der Waals surface area contributed by atoms with Crippen LogP contribution in [0.3, 0.4) is 0 Å². The Bertz CT molecular complexity index is 366. The summed E-state index contributed by atoms with van der Waals surface area (Å²) in [6.07, 6.45) is 1.09. The van der Waals surface area contributed by atoms with Crippen LogP contribution in [0.5, 0.6) is 0 Å². The molecule has 0 spiro atoms. The molecule has 0 aromatic heterocycles. The van der Waals surface area contributed by atoms with Crippen molar-refractivity contribution in [3.63, 3.8) is 0 Å². The summed E-state index contributed by atoms with van der Waals surface area (Å²) in [5.41, 5.74) is 1.97. The van der Waals surface area contributed by atoms with Crippen molar-refractivity contribution < 1.29 is 4.74 Å². The van der Waals surface area contributed by atoms with Gasteiger partial charge in [-0.25, -0.2) is 4.99 Å². The Morgan fingerprint density at radius 3 is 2.88 bits per heavy atom. The molecule has 3 nitrogen and oxygen atoms in total. The molecule has 17 heavy (non-hydrogen) atoms. The maximum Gasteiger partial charge on any atom is 0.185 e. The second-order valence-electron chi connectivity index (χ2n) is 3.55. The van der Waals surface area contributed by atoms with Gasteiger partial charge in [0.1, 0.15) is 0 Å². The van der Waals surface area contributed by atoms with Gasteiger partial charge in [-0.15, -0.1) is 0 Å². The van der Waals surface area contributed by atoms with E-state index in [0.717, 1.165) is 29.7 Å². The summed E-state index contributed by atoms with van der Waals surface area (Å²) >= 11 is 3.41. The predicted molar refractivity (Wildman–Crippen MR) is 77.7 cm³/mol. The second-order valence-corrected chi connectivity index (χ2v) is 4.34. The number of benzene rings is 1. The predicted octanol–water partition coefficient (Wildman–Crippen LogP) is 3.97. The molecule has 94 valence electrons. The highest BCUT2D eigenvalue weighted by Crippen LogP contribution is 2.24. The number of hydrogen-bond donors (Lipinski definition) is 1. The van der Waals surface area contributed by atoms with E-state index in [-0.39, 0.29) is 0 Å². The van der Waals surface area contributed by atoms with Crippen molar-refractivity contribution in [2.24, 2.45) is 4.99 Å². The zero-order valence-electron chi connectivity index (χ0n) is 10.4. The van der Waals surface area contributed by atoms with Gasteiger partial charge in [0.15, 0.2) is 5.90 Å². The molecule has 0 fully saturated rings. The lowest BCUT2D eigenvalue weighted by Crippen LogP contribution is -2.03. The molecule has 1 aromatic rings. The van der Waals surface area contributed by atoms with Crippen LogP contribution in [0.4, 0.5) is 11.4 Å². The number of hydrogen-bond acceptors (Lipinski definition) is 3. The van der Waals surface area contributed by atoms with Crippen LogP contribution in [0.1, 0.15) is 20.3 Å². The van der Waals surface area contributed by atoms with Crippen LogP contribution >= 0.6 is 15.9 Å². The molecular formula is C13H19BrN2O. The Kier molecular flexibility index (Phi) is 6.70. The molecule has 0 radical (unpaired) electrons. The number of ether oxygens (including phenoxy) is 1. The zero-order valence-corrected chi connectivity index (χ0v) is 12.0. The van der Waals surface area contributed by atoms with Crippen molar-refractivity contribution in [1.29, 1.82) is 0 Å². The van der Waals surface area contributed by atoms with Crippen LogP contribution in [0, 0.1) is 0 Å². The standard InChI is InChI=1S/C13H19BrN2O/c1-3-17-11(2)16-13-8-5-4-7-12(13)15-10-6-9-14/h4-5,7-8,15H,3,6,9-10H2,1-2H3. The monoisotopic (exact) mass is 298 g/mol. The van der Waals surface area contributed by atoms with Gasteiger partial charge in [-0.1, -0.05) is 28.1 Å². The van der Waals surface area contributed by atoms with Gasteiger partial charge in [0.25, 0.3) is 0 Å². The summed E-state index contributed by atoms with van der Waals surface area (Å²) in [7, 11) is 0. The van der Waals surface area contributed by atoms with Crippen molar-refractivity contribution >= 4 is 33.2 Å². The van der Waals surface area contributed by atoms with Gasteiger partial charge >= 0.3 is 0 Å². The minimum atomic E-state index is 0.647. The third-order valence-electron chi connectivity index (χ3n) is 2.16. The molecular weight excluding hydrogens is 280 g/mol. The lowest BCUT2D eigenvalue weighted by atomic mass is 10.2. The summed E-state index contributed by atoms with van der Waals surface area (Å²) in [6, 6.07) is 8.00. The number of aliphatic imine (C=N–C) groups is 1. The zero-order chi connectivity index (χ0) is 12.5. The third-order valence-corrected chi connectivity index (χ3v) is 2.72. The van der Waals surface area contributed by atoms with E-state index in [4.69, 9.17) is 4.74 Å². The number of rotatable bonds is 6. The van der Waals surface area contributed by atoms with Crippen molar-refractivity contribution in [2.45, 2.75) is 20.3 Å². The molecule has 0 atom stereocenters. The van der Waals surface area contributed by atoms with Crippen molar-refractivity contribution in [2.75, 3.05) is 23.8 Å². The van der Waals surface area contributed by atoms with Crippen LogP contribution < -0.4 is 5.32 Å². The number of para-hydroxylation sites is 2. The van der Waals surface area contributed by atoms with E-state index >= 15 is 0 Å². The Labute approximate surface area is 111 Å². The fraction of sp³-hybridized carbons (Fsp3) is 0.462. The number of nitrogens with one attached hydrogen (secondary N) is 1. The molecule has 4 heteroatoms. The molecule has 0 heterocycles. The average molecular weight is 299 g/mol. The van der Waals surface area contributed by atoms with E-state index in [1.807, 2.05) is 38.1 Å². The Morgan fingerprint density at radius 2 is 2.18 bits per heavy atom. The molecule has 0 saturated carbocycles. The highest BCUT2D eigenvalue weighted by atomic mass is 79.9. The first-order valence-corrected chi connectivity index (χ1v) is 6.97. The number of halogens is 1. The summed E-state index contributed by atoms with van der Waals surface area (Å²) in [4.78, 5) is 4.45. The summed E-state index contributed by atoms with van der Waals surface area (Å²) < 4.78 is 5.34. The van der Waals surface area contributed by atoms with Gasteiger partial charge < -0.3 is 10.1 Å². The fourth-order valence-electron chi connectivity index (χ4n) is 1.42. The van der Waals surface area contributed by atoms with E-state index in [9.17, 15) is 0 Å². The van der Waals surface area contributed by atoms with E-state index in [1.165, 1.54) is 0 Å². The van der Waals surface area contributed by atoms with Gasteiger partial charge in [0.05, 0.1) is 18.0 Å². The Balaban J connectivity index is 2.73. The number of alkyl halides is 1. The Morgan fingerprint density at radius 1 is 1.41 bits per heavy atom. The first kappa shape index (κ1) is 14.0. The normalized spacial score (nSPS) is 11.4. The molecule has 0 aliphatic carbocycles. The van der Waals surface area contributed by atoms with Crippen LogP contribution in [0.2, 0.25) is 0 Å². The van der Waals surface area contributed by atoms with Crippen LogP contribution in [-0.2, 0) is 4.74 Å². The summed E-state index contributed by atoms with van der Waals surface area (Å²) in [6.45, 7) is 5.41. The molecule has 1 N–H and O–H groups in total. The van der Waals surface area contributed by atoms with E-state index in [1.54, 1.807) is 0 Å². The molecule has 0 bridgehead atoms. The number of anilines is 1. The third kappa shape index (κ3) is 5.22. The highest BCUT2D eigenvalue weighted by Gasteiger charge is 2.00. The molecule has 1 rings (SSSR count). The van der Waals surface area contributed by atoms with E-state index in [2.05, 4.69) is 26.2 Å². The lowest BCUT2D eigenvalue weighted by molar-refractivity contribution is 0.325. The SMILES string of the molecule is CCOC(C)=Nc1ccccc1NCCCBr. The minimum absolute atomic E-state index is 0.647. The topological polar surface area (TPSA) is 33.6 Å². The second kappa shape index (κ2) is 8.12. The van der Waals surface area contributed by atoms with Crippen LogP contribution in [0.25, 0.3) is 0 Å². The first-order valence-electron chi connectivity index (χ1n) is 5.85. The molecule has 0 saturated heterocycles. The Hall–Kier alpha value is -1.03. The van der Waals surface area contributed by atoms with Gasteiger partial charge in [-0.05, 0) is 25.5 Å².